The van der Waals surface area contributed by atoms with Crippen LogP contribution in [-0.2, 0) is 9.59 Å². The first-order chi connectivity index (χ1) is 10.4. The smallest absolute Gasteiger partial charge is 0.354 e. The molecule has 0 radical (unpaired) electrons. The van der Waals surface area contributed by atoms with Crippen LogP contribution in [-0.4, -0.2) is 59.7 Å². The number of fused-ring (bicyclic) bond motifs is 1. The van der Waals surface area contributed by atoms with E-state index in [1.54, 1.807) is 6.92 Å². The number of thioether (sulfide) groups is 4. The van der Waals surface area contributed by atoms with Crippen LogP contribution in [0.5, 0.6) is 0 Å². The van der Waals surface area contributed by atoms with Crippen LogP contribution >= 0.6 is 47.0 Å². The summed E-state index contributed by atoms with van der Waals surface area (Å²) in [5.41, 5.74) is 0.0175. The van der Waals surface area contributed by atoms with Gasteiger partial charge < -0.3 is 10.2 Å². The molecule has 3 rings (SSSR count). The summed E-state index contributed by atoms with van der Waals surface area (Å²) >= 11 is 5.28. The molecule has 10 heteroatoms. The monoisotopic (exact) mass is 379 g/mol. The van der Waals surface area contributed by atoms with Gasteiger partial charge in [-0.05, 0) is 6.92 Å². The highest BCUT2D eigenvalue weighted by Gasteiger charge is 2.57. The molecule has 0 aromatic rings. The number of carbonyl (C=O) groups is 3. The van der Waals surface area contributed by atoms with Crippen molar-refractivity contribution >= 4 is 63.4 Å². The lowest BCUT2D eigenvalue weighted by atomic mass is 9.92. The van der Waals surface area contributed by atoms with Crippen LogP contribution in [0.1, 0.15) is 6.92 Å². The largest absolute Gasteiger partial charge is 0.477 e. The fourth-order valence-corrected chi connectivity index (χ4v) is 8.04. The first kappa shape index (κ1) is 16.6. The van der Waals surface area contributed by atoms with Crippen molar-refractivity contribution in [3.8, 4) is 0 Å². The molecule has 0 aromatic heterocycles. The normalized spacial score (nSPS) is 32.3. The van der Waals surface area contributed by atoms with Gasteiger partial charge in [-0.1, -0.05) is 35.3 Å². The van der Waals surface area contributed by atoms with Crippen molar-refractivity contribution in [1.82, 2.24) is 4.90 Å². The molecule has 3 aliphatic rings. The summed E-state index contributed by atoms with van der Waals surface area (Å²) in [6.45, 7) is 1.55. The second kappa shape index (κ2) is 6.31. The number of hydrogen-bond acceptors (Lipinski definition) is 8. The molecule has 2 N–H and O–H groups in total. The van der Waals surface area contributed by atoms with Crippen molar-refractivity contribution in [3.05, 3.63) is 9.93 Å². The number of carboxylic acid groups (broad SMARTS) is 1. The molecule has 2 fully saturated rings. The maximum atomic E-state index is 12.0. The number of amides is 1. The van der Waals surface area contributed by atoms with E-state index in [0.29, 0.717) is 9.99 Å². The van der Waals surface area contributed by atoms with Crippen molar-refractivity contribution in [2.45, 2.75) is 23.7 Å². The topological polar surface area (TPSA) is 94.9 Å². The number of β-lactam (4-membered cyclic amide) rings is 1. The number of hydrogen-bond donors (Lipinski definition) is 2. The maximum Gasteiger partial charge on any atom is 0.354 e. The van der Waals surface area contributed by atoms with Crippen LogP contribution in [0.25, 0.3) is 0 Å². The molecule has 120 valence electrons. The van der Waals surface area contributed by atoms with Gasteiger partial charge in [0.15, 0.2) is 5.70 Å². The van der Waals surface area contributed by atoms with Gasteiger partial charge in [-0.3, -0.25) is 14.5 Å². The fourth-order valence-electron chi connectivity index (χ4n) is 2.47. The van der Waals surface area contributed by atoms with Crippen LogP contribution in [0.4, 0.5) is 4.79 Å². The standard InChI is InChI=1S/C12H13NO5S4/c1-4(14)6-8(15)13-7(10(16)17)11(22-9(6)13)19-2-5-3-20-12(18)21-5/h4-6,9,14H,2-3H2,1H3,(H,16,17)/t4-,5?,6+,9-/m1/s1. The highest BCUT2D eigenvalue weighted by Crippen LogP contribution is 2.54. The van der Waals surface area contributed by atoms with E-state index in [4.69, 9.17) is 0 Å². The lowest BCUT2D eigenvalue weighted by Gasteiger charge is -2.43. The number of aliphatic hydroxyl groups is 1. The summed E-state index contributed by atoms with van der Waals surface area (Å²) in [6.07, 6.45) is -0.792. The second-order valence-electron chi connectivity index (χ2n) is 5.04. The number of aliphatic hydroxyl groups excluding tert-OH is 1. The predicted molar refractivity (Wildman–Crippen MR) is 89.7 cm³/mol. The summed E-state index contributed by atoms with van der Waals surface area (Å²) in [5.74, 6) is -0.633. The highest BCUT2D eigenvalue weighted by atomic mass is 32.2. The Hall–Kier alpha value is -0.290. The van der Waals surface area contributed by atoms with Crippen LogP contribution in [0.3, 0.4) is 0 Å². The van der Waals surface area contributed by atoms with Crippen LogP contribution in [0, 0.1) is 5.92 Å². The fraction of sp³-hybridized carbons (Fsp3) is 0.583. The Balaban J connectivity index is 1.71. The molecule has 4 atom stereocenters. The van der Waals surface area contributed by atoms with Gasteiger partial charge in [-0.15, -0.1) is 11.8 Å². The van der Waals surface area contributed by atoms with E-state index in [1.165, 1.54) is 51.9 Å². The molecule has 1 amide bonds. The molecular formula is C12H13NO5S4. The molecule has 0 aromatic carbocycles. The average molecular weight is 380 g/mol. The third-order valence-corrected chi connectivity index (χ3v) is 9.07. The number of rotatable bonds is 5. The number of carbonyl (C=O) groups excluding carboxylic acids is 2. The Bertz CT molecular complexity index is 578. The molecule has 22 heavy (non-hydrogen) atoms. The van der Waals surface area contributed by atoms with Crippen molar-refractivity contribution in [2.24, 2.45) is 5.92 Å². The van der Waals surface area contributed by atoms with E-state index in [9.17, 15) is 24.6 Å². The zero-order chi connectivity index (χ0) is 16.0. The minimum Gasteiger partial charge on any atom is -0.477 e. The minimum absolute atomic E-state index is 0.0175. The average Bonchev–Trinajstić information content (AvgIpc) is 2.97. The van der Waals surface area contributed by atoms with E-state index < -0.39 is 18.0 Å². The van der Waals surface area contributed by atoms with Crippen LogP contribution in [0.15, 0.2) is 9.93 Å². The van der Waals surface area contributed by atoms with E-state index in [0.717, 1.165) is 5.75 Å². The van der Waals surface area contributed by atoms with Crippen molar-refractivity contribution in [2.75, 3.05) is 11.5 Å². The Morgan fingerprint density at radius 2 is 2.18 bits per heavy atom. The van der Waals surface area contributed by atoms with Gasteiger partial charge in [-0.2, -0.15) is 0 Å². The van der Waals surface area contributed by atoms with E-state index in [-0.39, 0.29) is 26.7 Å². The summed E-state index contributed by atoms with van der Waals surface area (Å²) in [7, 11) is 0. The van der Waals surface area contributed by atoms with Crippen molar-refractivity contribution in [3.63, 3.8) is 0 Å². The molecule has 1 unspecified atom stereocenters. The van der Waals surface area contributed by atoms with E-state index >= 15 is 0 Å². The van der Waals surface area contributed by atoms with E-state index in [2.05, 4.69) is 0 Å². The minimum atomic E-state index is -1.13. The Labute approximate surface area is 143 Å². The maximum absolute atomic E-state index is 12.0. The van der Waals surface area contributed by atoms with E-state index in [1.807, 2.05) is 0 Å². The Morgan fingerprint density at radius 3 is 2.73 bits per heavy atom. The quantitative estimate of drug-likeness (QED) is 0.694. The third kappa shape index (κ3) is 2.79. The SMILES string of the molecule is C[C@@H](O)[C@H]1C(=O)N2C(C(=O)O)=C(SCC3CSC(=O)S3)S[C@H]12. The van der Waals surface area contributed by atoms with Gasteiger partial charge in [0.2, 0.25) is 10.4 Å². The molecule has 6 nitrogen and oxygen atoms in total. The van der Waals surface area contributed by atoms with Gasteiger partial charge in [0.05, 0.1) is 16.3 Å². The molecule has 0 bridgehead atoms. The summed E-state index contributed by atoms with van der Waals surface area (Å²) < 4.78 is 0.698. The molecular weight excluding hydrogens is 366 g/mol. The first-order valence-electron chi connectivity index (χ1n) is 6.51. The molecule has 0 spiro atoms. The molecule has 0 saturated carbocycles. The Kier molecular flexibility index (Phi) is 4.75. The second-order valence-corrected chi connectivity index (χ2v) is 9.98. The molecule has 2 saturated heterocycles. The molecule has 3 aliphatic heterocycles. The third-order valence-electron chi connectivity index (χ3n) is 3.52. The lowest BCUT2D eigenvalue weighted by Crippen LogP contribution is -2.60. The van der Waals surface area contributed by atoms with Gasteiger partial charge in [0.25, 0.3) is 0 Å². The van der Waals surface area contributed by atoms with Crippen molar-refractivity contribution in [1.29, 1.82) is 0 Å². The summed E-state index contributed by atoms with van der Waals surface area (Å²) in [5, 5.41) is 18.9. The van der Waals surface area contributed by atoms with Gasteiger partial charge in [0.1, 0.15) is 5.37 Å². The zero-order valence-electron chi connectivity index (χ0n) is 11.4. The van der Waals surface area contributed by atoms with Crippen LogP contribution < -0.4 is 0 Å². The van der Waals surface area contributed by atoms with Gasteiger partial charge in [0, 0.05) is 16.8 Å². The number of nitrogens with zero attached hydrogens (tertiary/aromatic N) is 1. The number of carboxylic acids is 1. The first-order valence-corrected chi connectivity index (χ1v) is 10.2. The molecule has 3 heterocycles. The summed E-state index contributed by atoms with van der Waals surface area (Å²) in [6, 6.07) is 0. The predicted octanol–water partition coefficient (Wildman–Crippen LogP) is 1.85. The number of aliphatic carboxylic acids is 1. The Morgan fingerprint density at radius 1 is 1.45 bits per heavy atom. The zero-order valence-corrected chi connectivity index (χ0v) is 14.7. The summed E-state index contributed by atoms with van der Waals surface area (Å²) in [4.78, 5) is 36.0. The highest BCUT2D eigenvalue weighted by molar-refractivity contribution is 8.41. The van der Waals surface area contributed by atoms with Gasteiger partial charge in [-0.25, -0.2) is 4.79 Å². The van der Waals surface area contributed by atoms with Gasteiger partial charge >= 0.3 is 5.97 Å². The lowest BCUT2D eigenvalue weighted by molar-refractivity contribution is -0.156. The van der Waals surface area contributed by atoms with Crippen molar-refractivity contribution < 1.29 is 24.6 Å². The molecule has 0 aliphatic carbocycles. The van der Waals surface area contributed by atoms with Crippen LogP contribution in [0.2, 0.25) is 0 Å².